The molecule has 0 saturated carbocycles. The first-order chi connectivity index (χ1) is 19.3. The van der Waals surface area contributed by atoms with Crippen LogP contribution >= 0.6 is 0 Å². The van der Waals surface area contributed by atoms with E-state index in [4.69, 9.17) is 9.47 Å². The van der Waals surface area contributed by atoms with Crippen molar-refractivity contribution < 1.29 is 23.5 Å². The Balaban J connectivity index is 3.92. The van der Waals surface area contributed by atoms with Crippen molar-refractivity contribution in [1.29, 1.82) is 0 Å². The van der Waals surface area contributed by atoms with Crippen LogP contribution in [0, 0.1) is 0 Å². The third-order valence-electron chi connectivity index (χ3n) is 7.69. The topological polar surface area (TPSA) is 52.6 Å². The Kier molecular flexibility index (Phi) is 27.3. The first-order valence-corrected chi connectivity index (χ1v) is 17.4. The van der Waals surface area contributed by atoms with Gasteiger partial charge in [-0.05, 0) is 12.8 Å². The van der Waals surface area contributed by atoms with E-state index in [0.29, 0.717) is 24.1 Å². The molecule has 5 nitrogen and oxygen atoms in total. The highest BCUT2D eigenvalue weighted by atomic mass is 16.6. The Morgan fingerprint density at radius 1 is 0.525 bits per heavy atom. The molecule has 0 bridgehead atoms. The lowest BCUT2D eigenvalue weighted by Gasteiger charge is -2.28. The van der Waals surface area contributed by atoms with Gasteiger partial charge in [0, 0.05) is 6.42 Å². The number of rotatable bonds is 30. The Morgan fingerprint density at radius 2 is 0.900 bits per heavy atom. The van der Waals surface area contributed by atoms with Crippen LogP contribution in [0.5, 0.6) is 0 Å². The molecule has 0 aromatic heterocycles. The van der Waals surface area contributed by atoms with Gasteiger partial charge in [0.15, 0.2) is 6.10 Å². The van der Waals surface area contributed by atoms with Crippen molar-refractivity contribution in [2.45, 2.75) is 180 Å². The van der Waals surface area contributed by atoms with Crippen molar-refractivity contribution in [3.05, 3.63) is 0 Å². The fourth-order valence-corrected chi connectivity index (χ4v) is 5.31. The Bertz CT molecular complexity index is 572. The maximum atomic E-state index is 12.5. The molecule has 0 heterocycles. The van der Waals surface area contributed by atoms with Gasteiger partial charge in [-0.2, -0.15) is 0 Å². The number of carbonyl (C=O) groups excluding carboxylic acids is 2. The quantitative estimate of drug-likeness (QED) is 0.0491. The molecule has 0 unspecified atom stereocenters. The molecule has 0 aliphatic rings. The normalized spacial score (nSPS) is 12.4. The first kappa shape index (κ1) is 38.9. The lowest BCUT2D eigenvalue weighted by molar-refractivity contribution is -0.873. The van der Waals surface area contributed by atoms with E-state index < -0.39 is 6.10 Å². The van der Waals surface area contributed by atoms with Crippen LogP contribution in [0.25, 0.3) is 0 Å². The summed E-state index contributed by atoms with van der Waals surface area (Å²) in [5.41, 5.74) is 0. The molecule has 0 rings (SSSR count). The summed E-state index contributed by atoms with van der Waals surface area (Å²) < 4.78 is 11.9. The lowest BCUT2D eigenvalue weighted by Crippen LogP contribution is -2.44. The van der Waals surface area contributed by atoms with Crippen molar-refractivity contribution in [2.75, 3.05) is 34.3 Å². The van der Waals surface area contributed by atoms with Crippen LogP contribution < -0.4 is 0 Å². The number of ether oxygens (including phenoxy) is 2. The summed E-state index contributed by atoms with van der Waals surface area (Å²) in [7, 11) is 6.17. The van der Waals surface area contributed by atoms with Gasteiger partial charge in [-0.25, -0.2) is 0 Å². The molecule has 0 aromatic carbocycles. The van der Waals surface area contributed by atoms with Crippen LogP contribution in [0.2, 0.25) is 0 Å². The van der Waals surface area contributed by atoms with E-state index in [1.54, 1.807) is 0 Å². The highest BCUT2D eigenvalue weighted by Crippen LogP contribution is 2.15. The van der Waals surface area contributed by atoms with Gasteiger partial charge in [0.05, 0.1) is 34.2 Å². The van der Waals surface area contributed by atoms with Crippen molar-refractivity contribution in [3.8, 4) is 0 Å². The molecule has 0 aromatic rings. The molecule has 0 amide bonds. The lowest BCUT2D eigenvalue weighted by atomic mass is 10.1. The monoisotopic (exact) mass is 569 g/mol. The van der Waals surface area contributed by atoms with Gasteiger partial charge < -0.3 is 14.0 Å². The molecule has 0 radical (unpaired) electrons. The van der Waals surface area contributed by atoms with E-state index in [0.717, 1.165) is 25.7 Å². The number of nitrogens with zero attached hydrogens (tertiary/aromatic N) is 1. The van der Waals surface area contributed by atoms with Crippen LogP contribution in [0.15, 0.2) is 0 Å². The van der Waals surface area contributed by atoms with Gasteiger partial charge in [-0.1, -0.05) is 149 Å². The third kappa shape index (κ3) is 29.9. The predicted molar refractivity (Wildman–Crippen MR) is 171 cm³/mol. The van der Waals surface area contributed by atoms with E-state index >= 15 is 0 Å². The minimum absolute atomic E-state index is 0.151. The zero-order chi connectivity index (χ0) is 29.7. The second-order valence-corrected chi connectivity index (χ2v) is 13.2. The number of likely N-dealkylation sites (N-methyl/N-ethyl adjacent to an activating group) is 1. The molecular formula is C35H70NO4+. The van der Waals surface area contributed by atoms with Crippen LogP contribution in [0.4, 0.5) is 0 Å². The highest BCUT2D eigenvalue weighted by molar-refractivity contribution is 5.72. The molecule has 1 atom stereocenters. The van der Waals surface area contributed by atoms with Gasteiger partial charge in [0.1, 0.15) is 6.54 Å². The summed E-state index contributed by atoms with van der Waals surface area (Å²) in [6.45, 7) is 5.61. The summed E-state index contributed by atoms with van der Waals surface area (Å²) in [5, 5.41) is 0. The Labute approximate surface area is 250 Å². The van der Waals surface area contributed by atoms with Crippen molar-refractivity contribution in [1.82, 2.24) is 0 Å². The summed E-state index contributed by atoms with van der Waals surface area (Å²) in [5.74, 6) is -0.424. The van der Waals surface area contributed by atoms with E-state index in [-0.39, 0.29) is 18.4 Å². The molecule has 40 heavy (non-hydrogen) atoms. The molecule has 0 fully saturated rings. The van der Waals surface area contributed by atoms with Crippen molar-refractivity contribution in [3.63, 3.8) is 0 Å². The minimum Gasteiger partial charge on any atom is -0.466 e. The number of hydrogen-bond donors (Lipinski definition) is 0. The average molecular weight is 569 g/mol. The third-order valence-corrected chi connectivity index (χ3v) is 7.69. The number of carbonyl (C=O) groups is 2. The average Bonchev–Trinajstić information content (AvgIpc) is 2.89. The molecule has 0 aliphatic carbocycles. The van der Waals surface area contributed by atoms with Gasteiger partial charge >= 0.3 is 11.9 Å². The summed E-state index contributed by atoms with van der Waals surface area (Å²) in [6, 6.07) is 0. The molecule has 0 saturated heterocycles. The maximum Gasteiger partial charge on any atom is 0.309 e. The number of esters is 2. The van der Waals surface area contributed by atoms with Crippen LogP contribution in [0.3, 0.4) is 0 Å². The second-order valence-electron chi connectivity index (χ2n) is 13.2. The molecule has 0 N–H and O–H groups in total. The standard InChI is InChI=1S/C35H70NO4/c1-6-8-10-12-14-16-18-20-22-24-26-28-30-39-35(38)31-33(32-36(3,4)5)40-34(37)29-27-25-23-21-19-17-15-13-11-9-7-2/h33H,6-32H2,1-5H3/q+1/t33-/m1/s1. The summed E-state index contributed by atoms with van der Waals surface area (Å²) >= 11 is 0. The zero-order valence-electron chi connectivity index (χ0n) is 27.7. The highest BCUT2D eigenvalue weighted by Gasteiger charge is 2.25. The number of unbranched alkanes of at least 4 members (excludes halogenated alkanes) is 21. The van der Waals surface area contributed by atoms with E-state index in [2.05, 4.69) is 35.0 Å². The fraction of sp³-hybridized carbons (Fsp3) is 0.943. The summed E-state index contributed by atoms with van der Waals surface area (Å²) in [4.78, 5) is 24.9. The Morgan fingerprint density at radius 3 is 1.30 bits per heavy atom. The van der Waals surface area contributed by atoms with Crippen molar-refractivity contribution >= 4 is 11.9 Å². The van der Waals surface area contributed by atoms with Crippen LogP contribution in [-0.4, -0.2) is 56.8 Å². The van der Waals surface area contributed by atoms with E-state index in [1.807, 2.05) is 0 Å². The minimum atomic E-state index is -0.422. The smallest absolute Gasteiger partial charge is 0.309 e. The largest absolute Gasteiger partial charge is 0.466 e. The van der Waals surface area contributed by atoms with E-state index in [1.165, 1.54) is 122 Å². The molecule has 238 valence electrons. The molecule has 0 spiro atoms. The SMILES string of the molecule is CCCCCCCCCCCCCCOC(=O)C[C@H](C[N+](C)(C)C)OC(=O)CCCCCCCCCCCCC. The summed E-state index contributed by atoms with van der Waals surface area (Å²) in [6.07, 6.45) is 29.5. The van der Waals surface area contributed by atoms with Crippen LogP contribution in [0.1, 0.15) is 174 Å². The molecule has 0 aliphatic heterocycles. The van der Waals surface area contributed by atoms with Gasteiger partial charge in [0.25, 0.3) is 0 Å². The van der Waals surface area contributed by atoms with Gasteiger partial charge in [-0.15, -0.1) is 0 Å². The second kappa shape index (κ2) is 28.0. The Hall–Kier alpha value is -1.10. The van der Waals surface area contributed by atoms with Crippen LogP contribution in [-0.2, 0) is 19.1 Å². The first-order valence-electron chi connectivity index (χ1n) is 17.4. The molecule has 5 heteroatoms. The van der Waals surface area contributed by atoms with Gasteiger partial charge in [-0.3, -0.25) is 9.59 Å². The number of quaternary nitrogens is 1. The van der Waals surface area contributed by atoms with E-state index in [9.17, 15) is 9.59 Å². The molecular weight excluding hydrogens is 498 g/mol. The fourth-order valence-electron chi connectivity index (χ4n) is 5.31. The maximum absolute atomic E-state index is 12.5. The zero-order valence-corrected chi connectivity index (χ0v) is 27.7. The van der Waals surface area contributed by atoms with Crippen molar-refractivity contribution in [2.24, 2.45) is 0 Å². The number of hydrogen-bond acceptors (Lipinski definition) is 4. The van der Waals surface area contributed by atoms with Gasteiger partial charge in [0.2, 0.25) is 0 Å². The predicted octanol–water partition coefficient (Wildman–Crippen LogP) is 9.94.